The number of piperidine rings is 1. The Labute approximate surface area is 131 Å². The highest BCUT2D eigenvalue weighted by atomic mass is 35.5. The van der Waals surface area contributed by atoms with Gasteiger partial charge in [0, 0.05) is 37.0 Å². The summed E-state index contributed by atoms with van der Waals surface area (Å²) in [6.45, 7) is 6.89. The normalized spacial score (nSPS) is 18.6. The number of rotatable bonds is 5. The van der Waals surface area contributed by atoms with E-state index in [1.165, 1.54) is 0 Å². The molecule has 0 radical (unpaired) electrons. The summed E-state index contributed by atoms with van der Waals surface area (Å²) < 4.78 is 5.66. The van der Waals surface area contributed by atoms with Crippen LogP contribution in [0.1, 0.15) is 37.0 Å². The van der Waals surface area contributed by atoms with Crippen molar-refractivity contribution in [1.82, 2.24) is 4.90 Å². The van der Waals surface area contributed by atoms with Crippen LogP contribution < -0.4 is 5.32 Å². The third-order valence-electron chi connectivity index (χ3n) is 3.65. The molecule has 21 heavy (non-hydrogen) atoms. The molecule has 0 saturated carbocycles. The predicted octanol–water partition coefficient (Wildman–Crippen LogP) is 3.41. The third-order valence-corrected chi connectivity index (χ3v) is 3.88. The van der Waals surface area contributed by atoms with E-state index in [4.69, 9.17) is 16.3 Å². The molecule has 4 nitrogen and oxygen atoms in total. The first-order chi connectivity index (χ1) is 10.2. The molecule has 1 fully saturated rings. The topological polar surface area (TPSA) is 41.6 Å². The first kappa shape index (κ1) is 16.1. The summed E-state index contributed by atoms with van der Waals surface area (Å²) in [6.07, 6.45) is 2.15. The van der Waals surface area contributed by atoms with Gasteiger partial charge >= 0.3 is 0 Å². The maximum absolute atomic E-state index is 12.8. The molecule has 1 saturated heterocycles. The number of nitrogens with one attached hydrogen (secondary N) is 1. The summed E-state index contributed by atoms with van der Waals surface area (Å²) in [4.78, 5) is 14.6. The van der Waals surface area contributed by atoms with Crippen molar-refractivity contribution in [2.75, 3.05) is 31.6 Å². The second-order valence-electron chi connectivity index (χ2n) is 5.19. The van der Waals surface area contributed by atoms with Gasteiger partial charge in [-0.1, -0.05) is 11.6 Å². The molecule has 1 aliphatic heterocycles. The number of anilines is 1. The van der Waals surface area contributed by atoms with Crippen molar-refractivity contribution in [2.24, 2.45) is 0 Å². The third kappa shape index (κ3) is 4.11. The molecule has 0 aliphatic carbocycles. The fraction of sp³-hybridized carbons (Fsp3) is 0.562. The highest BCUT2D eigenvalue weighted by Crippen LogP contribution is 2.24. The van der Waals surface area contributed by atoms with Crippen LogP contribution in [0.5, 0.6) is 0 Å². The molecule has 1 aliphatic rings. The van der Waals surface area contributed by atoms with Crippen LogP contribution in [0.4, 0.5) is 5.69 Å². The van der Waals surface area contributed by atoms with Gasteiger partial charge in [0.05, 0.1) is 11.7 Å². The van der Waals surface area contributed by atoms with E-state index in [1.807, 2.05) is 24.8 Å². The molecule has 1 aromatic carbocycles. The molecule has 116 valence electrons. The van der Waals surface area contributed by atoms with Crippen molar-refractivity contribution in [1.29, 1.82) is 0 Å². The Morgan fingerprint density at radius 3 is 3.00 bits per heavy atom. The number of likely N-dealkylation sites (tertiary alicyclic amines) is 1. The van der Waals surface area contributed by atoms with Gasteiger partial charge in [-0.05, 0) is 44.9 Å². The molecule has 1 atom stereocenters. The minimum Gasteiger partial charge on any atom is -0.385 e. The SMILES string of the molecule is CCNc1ccc(Cl)cc1C(=O)N1CCCC(OCC)C1. The summed E-state index contributed by atoms with van der Waals surface area (Å²) in [5, 5.41) is 3.80. The number of ether oxygens (including phenoxy) is 1. The first-order valence-electron chi connectivity index (χ1n) is 7.60. The fourth-order valence-electron chi connectivity index (χ4n) is 2.70. The lowest BCUT2D eigenvalue weighted by atomic mass is 10.1. The Bertz CT molecular complexity index is 491. The number of carbonyl (C=O) groups is 1. The lowest BCUT2D eigenvalue weighted by Gasteiger charge is -2.33. The molecule has 0 aromatic heterocycles. The van der Waals surface area contributed by atoms with E-state index < -0.39 is 0 Å². The zero-order valence-corrected chi connectivity index (χ0v) is 13.4. The predicted molar refractivity (Wildman–Crippen MR) is 86.2 cm³/mol. The lowest BCUT2D eigenvalue weighted by Crippen LogP contribution is -2.43. The van der Waals surface area contributed by atoms with Crippen LogP contribution in [-0.4, -0.2) is 43.2 Å². The van der Waals surface area contributed by atoms with E-state index >= 15 is 0 Å². The highest BCUT2D eigenvalue weighted by Gasteiger charge is 2.26. The van der Waals surface area contributed by atoms with Crippen LogP contribution in [0.25, 0.3) is 0 Å². The van der Waals surface area contributed by atoms with Crippen molar-refractivity contribution in [3.05, 3.63) is 28.8 Å². The zero-order valence-electron chi connectivity index (χ0n) is 12.7. The van der Waals surface area contributed by atoms with Crippen LogP contribution in [0.3, 0.4) is 0 Å². The van der Waals surface area contributed by atoms with E-state index in [2.05, 4.69) is 5.32 Å². The average molecular weight is 311 g/mol. The monoisotopic (exact) mass is 310 g/mol. The molecule has 1 amide bonds. The Balaban J connectivity index is 2.16. The number of benzene rings is 1. The van der Waals surface area contributed by atoms with Gasteiger partial charge in [-0.25, -0.2) is 0 Å². The van der Waals surface area contributed by atoms with Crippen LogP contribution in [0.2, 0.25) is 5.02 Å². The summed E-state index contributed by atoms with van der Waals surface area (Å²) >= 11 is 6.06. The maximum atomic E-state index is 12.8. The Morgan fingerprint density at radius 2 is 2.29 bits per heavy atom. The summed E-state index contributed by atoms with van der Waals surface area (Å²) in [7, 11) is 0. The number of carbonyl (C=O) groups excluding carboxylic acids is 1. The van der Waals surface area contributed by atoms with Crippen LogP contribution in [0.15, 0.2) is 18.2 Å². The van der Waals surface area contributed by atoms with Gasteiger partial charge in [0.1, 0.15) is 0 Å². The fourth-order valence-corrected chi connectivity index (χ4v) is 2.87. The Morgan fingerprint density at radius 1 is 1.48 bits per heavy atom. The molecule has 2 rings (SSSR count). The minimum absolute atomic E-state index is 0.0258. The summed E-state index contributed by atoms with van der Waals surface area (Å²) in [5.74, 6) is 0.0258. The largest absolute Gasteiger partial charge is 0.385 e. The smallest absolute Gasteiger partial charge is 0.256 e. The van der Waals surface area contributed by atoms with Crippen LogP contribution in [0, 0.1) is 0 Å². The average Bonchev–Trinajstić information content (AvgIpc) is 2.49. The van der Waals surface area contributed by atoms with E-state index in [1.54, 1.807) is 12.1 Å². The zero-order chi connectivity index (χ0) is 15.2. The lowest BCUT2D eigenvalue weighted by molar-refractivity contribution is 0.00728. The highest BCUT2D eigenvalue weighted by molar-refractivity contribution is 6.31. The van der Waals surface area contributed by atoms with Crippen LogP contribution >= 0.6 is 11.6 Å². The van der Waals surface area contributed by atoms with Crippen molar-refractivity contribution in [2.45, 2.75) is 32.8 Å². The number of nitrogens with zero attached hydrogens (tertiary/aromatic N) is 1. The van der Waals surface area contributed by atoms with Gasteiger partial charge in [-0.2, -0.15) is 0 Å². The Kier molecular flexibility index (Phi) is 5.88. The maximum Gasteiger partial charge on any atom is 0.256 e. The molecule has 1 N–H and O–H groups in total. The molecule has 1 heterocycles. The van der Waals surface area contributed by atoms with Gasteiger partial charge in [0.25, 0.3) is 5.91 Å². The number of hydrogen-bond donors (Lipinski definition) is 1. The van der Waals surface area contributed by atoms with Crippen molar-refractivity contribution >= 4 is 23.2 Å². The molecule has 1 aromatic rings. The van der Waals surface area contributed by atoms with Crippen molar-refractivity contribution in [3.8, 4) is 0 Å². The molecular weight excluding hydrogens is 288 g/mol. The second-order valence-corrected chi connectivity index (χ2v) is 5.63. The van der Waals surface area contributed by atoms with Gasteiger partial charge in [-0.15, -0.1) is 0 Å². The van der Waals surface area contributed by atoms with Gasteiger partial charge in [0.15, 0.2) is 0 Å². The molecule has 1 unspecified atom stereocenters. The first-order valence-corrected chi connectivity index (χ1v) is 7.97. The van der Waals surface area contributed by atoms with Crippen molar-refractivity contribution < 1.29 is 9.53 Å². The van der Waals surface area contributed by atoms with Gasteiger partial charge in [-0.3, -0.25) is 4.79 Å². The molecule has 5 heteroatoms. The number of halogens is 1. The summed E-state index contributed by atoms with van der Waals surface area (Å²) in [5.41, 5.74) is 1.48. The van der Waals surface area contributed by atoms with E-state index in [-0.39, 0.29) is 12.0 Å². The summed E-state index contributed by atoms with van der Waals surface area (Å²) in [6, 6.07) is 5.41. The molecule has 0 bridgehead atoms. The minimum atomic E-state index is 0.0258. The quantitative estimate of drug-likeness (QED) is 0.906. The van der Waals surface area contributed by atoms with E-state index in [0.717, 1.165) is 31.6 Å². The van der Waals surface area contributed by atoms with E-state index in [0.29, 0.717) is 23.7 Å². The number of amides is 1. The Hall–Kier alpha value is -1.26. The second kappa shape index (κ2) is 7.66. The van der Waals surface area contributed by atoms with Gasteiger partial charge < -0.3 is 15.0 Å². The molecule has 0 spiro atoms. The molecular formula is C16H23ClN2O2. The standard InChI is InChI=1S/C16H23ClN2O2/c1-3-18-15-8-7-12(17)10-14(15)16(20)19-9-5-6-13(11-19)21-4-2/h7-8,10,13,18H,3-6,9,11H2,1-2H3. The van der Waals surface area contributed by atoms with Crippen LogP contribution in [-0.2, 0) is 4.74 Å². The number of hydrogen-bond acceptors (Lipinski definition) is 3. The van der Waals surface area contributed by atoms with E-state index in [9.17, 15) is 4.79 Å². The van der Waals surface area contributed by atoms with Gasteiger partial charge in [0.2, 0.25) is 0 Å². The van der Waals surface area contributed by atoms with Crippen molar-refractivity contribution in [3.63, 3.8) is 0 Å².